The third-order valence-electron chi connectivity index (χ3n) is 1.57. The lowest BCUT2D eigenvalue weighted by molar-refractivity contribution is -0.139. The molecule has 14 heavy (non-hydrogen) atoms. The molecule has 2 N–H and O–H groups in total. The minimum Gasteiger partial charge on any atom is -0.462 e. The quantitative estimate of drug-likeness (QED) is 0.357. The topological polar surface area (TPSA) is 61.5 Å². The average Bonchev–Trinajstić information content (AvgIpc) is 2.21. The van der Waals surface area contributed by atoms with Gasteiger partial charge in [0.2, 0.25) is 0 Å². The smallest absolute Gasteiger partial charge is 0.330 e. The van der Waals surface area contributed by atoms with E-state index in [-0.39, 0.29) is 11.9 Å². The van der Waals surface area contributed by atoms with Crippen LogP contribution in [-0.2, 0) is 14.3 Å². The van der Waals surface area contributed by atoms with E-state index in [4.69, 9.17) is 15.2 Å². The van der Waals surface area contributed by atoms with Gasteiger partial charge in [-0.2, -0.15) is 0 Å². The largest absolute Gasteiger partial charge is 0.462 e. The Morgan fingerprint density at radius 1 is 1.57 bits per heavy atom. The van der Waals surface area contributed by atoms with Gasteiger partial charge in [-0.25, -0.2) is 4.79 Å². The summed E-state index contributed by atoms with van der Waals surface area (Å²) in [7, 11) is 0. The van der Waals surface area contributed by atoms with Gasteiger partial charge in [-0.3, -0.25) is 0 Å². The van der Waals surface area contributed by atoms with Crippen molar-refractivity contribution in [3.8, 4) is 0 Å². The maximum Gasteiger partial charge on any atom is 0.330 e. The van der Waals surface area contributed by atoms with E-state index in [0.29, 0.717) is 26.4 Å². The van der Waals surface area contributed by atoms with Gasteiger partial charge < -0.3 is 15.2 Å². The lowest BCUT2D eigenvalue weighted by atomic mass is 10.2. The second-order valence-corrected chi connectivity index (χ2v) is 3.16. The van der Waals surface area contributed by atoms with Gasteiger partial charge in [-0.05, 0) is 13.0 Å². The van der Waals surface area contributed by atoms with Crippen LogP contribution in [0.15, 0.2) is 12.7 Å². The van der Waals surface area contributed by atoms with Crippen molar-refractivity contribution in [3.05, 3.63) is 12.7 Å². The Morgan fingerprint density at radius 3 is 2.86 bits per heavy atom. The van der Waals surface area contributed by atoms with Crippen LogP contribution in [0.2, 0.25) is 0 Å². The van der Waals surface area contributed by atoms with Crippen LogP contribution in [0, 0.1) is 5.92 Å². The van der Waals surface area contributed by atoms with Crippen LogP contribution in [0.5, 0.6) is 0 Å². The number of esters is 1. The van der Waals surface area contributed by atoms with Crippen LogP contribution in [0.4, 0.5) is 0 Å². The second kappa shape index (κ2) is 8.72. The fourth-order valence-corrected chi connectivity index (χ4v) is 0.801. The standard InChI is InChI=1S/C10H19NO3/c1-3-10(12)14-8-9(2)7-13-6-4-5-11/h3,9H,1,4-8,11H2,2H3. The molecule has 0 rings (SSSR count). The molecule has 0 aliphatic heterocycles. The van der Waals surface area contributed by atoms with Gasteiger partial charge in [0.15, 0.2) is 0 Å². The van der Waals surface area contributed by atoms with Gasteiger partial charge in [0.25, 0.3) is 0 Å². The van der Waals surface area contributed by atoms with E-state index >= 15 is 0 Å². The molecule has 0 aromatic heterocycles. The van der Waals surface area contributed by atoms with Gasteiger partial charge in [0.05, 0.1) is 13.2 Å². The molecule has 0 spiro atoms. The Hall–Kier alpha value is -0.870. The Bertz CT molecular complexity index is 171. The fraction of sp³-hybridized carbons (Fsp3) is 0.700. The summed E-state index contributed by atoms with van der Waals surface area (Å²) in [4.78, 5) is 10.7. The van der Waals surface area contributed by atoms with Crippen LogP contribution in [0.1, 0.15) is 13.3 Å². The Kier molecular flexibility index (Phi) is 8.17. The maximum absolute atomic E-state index is 10.7. The minimum absolute atomic E-state index is 0.205. The average molecular weight is 201 g/mol. The van der Waals surface area contributed by atoms with E-state index in [1.165, 1.54) is 0 Å². The summed E-state index contributed by atoms with van der Waals surface area (Å²) in [6.07, 6.45) is 2.02. The molecule has 82 valence electrons. The summed E-state index contributed by atoms with van der Waals surface area (Å²) in [5.41, 5.74) is 5.30. The van der Waals surface area contributed by atoms with Crippen molar-refractivity contribution in [1.82, 2.24) is 0 Å². The molecular weight excluding hydrogens is 182 g/mol. The number of nitrogens with two attached hydrogens (primary N) is 1. The number of ether oxygens (including phenoxy) is 2. The van der Waals surface area contributed by atoms with Gasteiger partial charge >= 0.3 is 5.97 Å². The van der Waals surface area contributed by atoms with E-state index in [9.17, 15) is 4.79 Å². The zero-order valence-electron chi connectivity index (χ0n) is 8.70. The highest BCUT2D eigenvalue weighted by molar-refractivity contribution is 5.81. The van der Waals surface area contributed by atoms with Gasteiger partial charge in [0, 0.05) is 18.6 Å². The number of carbonyl (C=O) groups excluding carboxylic acids is 1. The fourth-order valence-electron chi connectivity index (χ4n) is 0.801. The number of hydrogen-bond donors (Lipinski definition) is 1. The number of rotatable bonds is 8. The second-order valence-electron chi connectivity index (χ2n) is 3.16. The first-order valence-electron chi connectivity index (χ1n) is 4.77. The SMILES string of the molecule is C=CC(=O)OCC(C)COCCCN. The number of carbonyl (C=O) groups is 1. The summed E-state index contributed by atoms with van der Waals surface area (Å²) >= 11 is 0. The van der Waals surface area contributed by atoms with Crippen molar-refractivity contribution >= 4 is 5.97 Å². The Labute approximate surface area is 85.1 Å². The van der Waals surface area contributed by atoms with Crippen molar-refractivity contribution in [3.63, 3.8) is 0 Å². The summed E-state index contributed by atoms with van der Waals surface area (Å²) < 4.78 is 10.2. The van der Waals surface area contributed by atoms with E-state index in [0.717, 1.165) is 12.5 Å². The lowest BCUT2D eigenvalue weighted by Gasteiger charge is -2.11. The minimum atomic E-state index is -0.390. The van der Waals surface area contributed by atoms with Gasteiger partial charge in [0.1, 0.15) is 0 Å². The van der Waals surface area contributed by atoms with Crippen LogP contribution in [0.25, 0.3) is 0 Å². The van der Waals surface area contributed by atoms with Crippen LogP contribution >= 0.6 is 0 Å². The molecule has 1 unspecified atom stereocenters. The molecule has 0 saturated heterocycles. The molecule has 1 atom stereocenters. The predicted molar refractivity (Wildman–Crippen MR) is 54.8 cm³/mol. The summed E-state index contributed by atoms with van der Waals surface area (Å²) in [5.74, 6) is -0.185. The summed E-state index contributed by atoms with van der Waals surface area (Å²) in [6, 6.07) is 0. The molecule has 0 amide bonds. The first-order chi connectivity index (χ1) is 6.70. The highest BCUT2D eigenvalue weighted by Crippen LogP contribution is 1.98. The third-order valence-corrected chi connectivity index (χ3v) is 1.57. The molecule has 4 nitrogen and oxygen atoms in total. The van der Waals surface area contributed by atoms with Crippen LogP contribution in [-0.4, -0.2) is 32.3 Å². The van der Waals surface area contributed by atoms with E-state index in [2.05, 4.69) is 6.58 Å². The van der Waals surface area contributed by atoms with Crippen LogP contribution < -0.4 is 5.73 Å². The normalized spacial score (nSPS) is 12.1. The maximum atomic E-state index is 10.7. The molecule has 0 bridgehead atoms. The predicted octanol–water partition coefficient (Wildman–Crippen LogP) is 0.717. The molecule has 0 saturated carbocycles. The number of hydrogen-bond acceptors (Lipinski definition) is 4. The summed E-state index contributed by atoms with van der Waals surface area (Å²) in [6.45, 7) is 7.52. The Balaban J connectivity index is 3.31. The van der Waals surface area contributed by atoms with Crippen molar-refractivity contribution in [2.24, 2.45) is 11.7 Å². The van der Waals surface area contributed by atoms with Crippen molar-refractivity contribution in [2.75, 3.05) is 26.4 Å². The monoisotopic (exact) mass is 201 g/mol. The molecule has 0 aliphatic carbocycles. The summed E-state index contributed by atoms with van der Waals surface area (Å²) in [5, 5.41) is 0. The first kappa shape index (κ1) is 13.1. The molecular formula is C10H19NO3. The van der Waals surface area contributed by atoms with E-state index in [1.54, 1.807) is 0 Å². The van der Waals surface area contributed by atoms with Crippen molar-refractivity contribution in [2.45, 2.75) is 13.3 Å². The van der Waals surface area contributed by atoms with Crippen molar-refractivity contribution < 1.29 is 14.3 Å². The lowest BCUT2D eigenvalue weighted by Crippen LogP contribution is -2.16. The molecule has 0 aliphatic rings. The highest BCUT2D eigenvalue weighted by atomic mass is 16.5. The molecule has 0 aromatic carbocycles. The zero-order chi connectivity index (χ0) is 10.8. The first-order valence-corrected chi connectivity index (χ1v) is 4.77. The zero-order valence-corrected chi connectivity index (χ0v) is 8.70. The van der Waals surface area contributed by atoms with Crippen LogP contribution in [0.3, 0.4) is 0 Å². The third kappa shape index (κ3) is 7.76. The Morgan fingerprint density at radius 2 is 2.29 bits per heavy atom. The molecule has 0 aromatic rings. The van der Waals surface area contributed by atoms with Gasteiger partial charge in [-0.1, -0.05) is 13.5 Å². The highest BCUT2D eigenvalue weighted by Gasteiger charge is 2.04. The molecule has 4 heteroatoms. The molecule has 0 radical (unpaired) electrons. The van der Waals surface area contributed by atoms with E-state index in [1.807, 2.05) is 6.92 Å². The molecule has 0 fully saturated rings. The molecule has 0 heterocycles. The van der Waals surface area contributed by atoms with Crippen molar-refractivity contribution in [1.29, 1.82) is 0 Å². The van der Waals surface area contributed by atoms with Gasteiger partial charge in [-0.15, -0.1) is 0 Å². The van der Waals surface area contributed by atoms with E-state index < -0.39 is 0 Å².